The van der Waals surface area contributed by atoms with E-state index in [0.29, 0.717) is 11.6 Å². The van der Waals surface area contributed by atoms with Gasteiger partial charge in [0.25, 0.3) is 5.91 Å². The fraction of sp³-hybridized carbons (Fsp3) is 0.462. The van der Waals surface area contributed by atoms with Gasteiger partial charge in [0.2, 0.25) is 0 Å². The molecule has 0 bridgehead atoms. The summed E-state index contributed by atoms with van der Waals surface area (Å²) in [7, 11) is 1.32. The summed E-state index contributed by atoms with van der Waals surface area (Å²) in [6.07, 6.45) is -5.34. The van der Waals surface area contributed by atoms with Crippen LogP contribution in [0.25, 0.3) is 0 Å². The molecule has 0 saturated carbocycles. The monoisotopic (exact) mass is 309 g/mol. The Morgan fingerprint density at radius 3 is 2.60 bits per heavy atom. The highest BCUT2D eigenvalue weighted by Crippen LogP contribution is 2.25. The van der Waals surface area contributed by atoms with Crippen molar-refractivity contribution in [2.75, 3.05) is 20.2 Å². The number of hydrogen-bond donors (Lipinski definition) is 0. The maximum absolute atomic E-state index is 12.2. The van der Waals surface area contributed by atoms with Crippen LogP contribution in [0.4, 0.5) is 13.2 Å². The predicted molar refractivity (Wildman–Crippen MR) is 70.3 cm³/mol. The standard InChI is InChI=1S/C13H15ClF3NO2/c1-3-20-11-8-9(14)4-5-10(11)12(19)18(2)7-6-13(15,16)17/h4-5,8H,3,6-7H2,1-2H3. The molecule has 0 aliphatic heterocycles. The lowest BCUT2D eigenvalue weighted by Crippen LogP contribution is -2.30. The lowest BCUT2D eigenvalue weighted by Gasteiger charge is -2.19. The maximum atomic E-state index is 12.2. The van der Waals surface area contributed by atoms with Gasteiger partial charge < -0.3 is 9.64 Å². The quantitative estimate of drug-likeness (QED) is 0.829. The summed E-state index contributed by atoms with van der Waals surface area (Å²) in [5.74, 6) is -0.266. The Bertz CT molecular complexity index is 477. The number of amides is 1. The van der Waals surface area contributed by atoms with Crippen molar-refractivity contribution in [2.24, 2.45) is 0 Å². The van der Waals surface area contributed by atoms with E-state index in [1.807, 2.05) is 0 Å². The van der Waals surface area contributed by atoms with Gasteiger partial charge in [-0.1, -0.05) is 11.6 Å². The first-order chi connectivity index (χ1) is 9.24. The number of benzene rings is 1. The average Bonchev–Trinajstić information content (AvgIpc) is 2.35. The first kappa shape index (κ1) is 16.6. The van der Waals surface area contributed by atoms with Crippen molar-refractivity contribution < 1.29 is 22.7 Å². The highest BCUT2D eigenvalue weighted by atomic mass is 35.5. The van der Waals surface area contributed by atoms with E-state index in [1.54, 1.807) is 6.92 Å². The molecule has 1 aromatic carbocycles. The molecule has 3 nitrogen and oxygen atoms in total. The van der Waals surface area contributed by atoms with Crippen molar-refractivity contribution in [3.05, 3.63) is 28.8 Å². The second kappa shape index (κ2) is 6.83. The highest BCUT2D eigenvalue weighted by molar-refractivity contribution is 6.30. The van der Waals surface area contributed by atoms with Crippen LogP contribution in [-0.4, -0.2) is 37.2 Å². The van der Waals surface area contributed by atoms with Gasteiger partial charge in [0.15, 0.2) is 0 Å². The molecule has 0 fully saturated rings. The van der Waals surface area contributed by atoms with Crippen LogP contribution in [0.1, 0.15) is 23.7 Å². The van der Waals surface area contributed by atoms with Gasteiger partial charge >= 0.3 is 6.18 Å². The van der Waals surface area contributed by atoms with Crippen molar-refractivity contribution in [1.82, 2.24) is 4.90 Å². The maximum Gasteiger partial charge on any atom is 0.390 e. The van der Waals surface area contributed by atoms with E-state index in [0.717, 1.165) is 4.90 Å². The molecule has 0 radical (unpaired) electrons. The number of ether oxygens (including phenoxy) is 1. The van der Waals surface area contributed by atoms with Crippen LogP contribution in [0.2, 0.25) is 5.02 Å². The van der Waals surface area contributed by atoms with Gasteiger partial charge in [-0.05, 0) is 25.1 Å². The van der Waals surface area contributed by atoms with Crippen molar-refractivity contribution in [1.29, 1.82) is 0 Å². The molecule has 0 saturated heterocycles. The Kier molecular flexibility index (Phi) is 5.68. The molecule has 0 aromatic heterocycles. The molecule has 1 amide bonds. The van der Waals surface area contributed by atoms with Crippen LogP contribution in [0.15, 0.2) is 18.2 Å². The third-order valence-electron chi connectivity index (χ3n) is 2.55. The smallest absolute Gasteiger partial charge is 0.390 e. The van der Waals surface area contributed by atoms with E-state index >= 15 is 0 Å². The SMILES string of the molecule is CCOc1cc(Cl)ccc1C(=O)N(C)CCC(F)(F)F. The summed E-state index contributed by atoms with van der Waals surface area (Å²) in [6, 6.07) is 4.41. The minimum absolute atomic E-state index is 0.195. The molecule has 0 heterocycles. The number of halogens is 4. The van der Waals surface area contributed by atoms with Crippen LogP contribution in [0.3, 0.4) is 0 Å². The minimum atomic E-state index is -4.29. The summed E-state index contributed by atoms with van der Waals surface area (Å²) in [6.45, 7) is 1.66. The van der Waals surface area contributed by atoms with Gasteiger partial charge in [-0.3, -0.25) is 4.79 Å². The zero-order valence-electron chi connectivity index (χ0n) is 11.1. The zero-order valence-corrected chi connectivity index (χ0v) is 11.9. The summed E-state index contributed by atoms with van der Waals surface area (Å²) in [4.78, 5) is 13.1. The molecule has 0 aliphatic carbocycles. The van der Waals surface area contributed by atoms with Crippen LogP contribution in [0, 0.1) is 0 Å². The molecule has 0 atom stereocenters. The van der Waals surface area contributed by atoms with Gasteiger partial charge in [-0.25, -0.2) is 0 Å². The molecule has 0 spiro atoms. The zero-order chi connectivity index (χ0) is 15.3. The second-order valence-corrected chi connectivity index (χ2v) is 4.60. The fourth-order valence-corrected chi connectivity index (χ4v) is 1.71. The number of carbonyl (C=O) groups is 1. The fourth-order valence-electron chi connectivity index (χ4n) is 1.55. The Morgan fingerprint density at radius 2 is 2.05 bits per heavy atom. The van der Waals surface area contributed by atoms with E-state index in [-0.39, 0.29) is 11.3 Å². The second-order valence-electron chi connectivity index (χ2n) is 4.17. The Morgan fingerprint density at radius 1 is 1.40 bits per heavy atom. The van der Waals surface area contributed by atoms with Crippen LogP contribution >= 0.6 is 11.6 Å². The van der Waals surface area contributed by atoms with Gasteiger partial charge in [-0.15, -0.1) is 0 Å². The first-order valence-electron chi connectivity index (χ1n) is 5.99. The molecule has 0 N–H and O–H groups in total. The molecule has 7 heteroatoms. The van der Waals surface area contributed by atoms with Crippen molar-refractivity contribution >= 4 is 17.5 Å². The number of carbonyl (C=O) groups excluding carboxylic acids is 1. The third-order valence-corrected chi connectivity index (χ3v) is 2.79. The molecular formula is C13H15ClF3NO2. The number of alkyl halides is 3. The Labute approximate surface area is 120 Å². The summed E-state index contributed by atoms with van der Waals surface area (Å²) in [5.41, 5.74) is 0.195. The van der Waals surface area contributed by atoms with Crippen LogP contribution in [-0.2, 0) is 0 Å². The number of hydrogen-bond acceptors (Lipinski definition) is 2. The van der Waals surface area contributed by atoms with Crippen LogP contribution < -0.4 is 4.74 Å². The molecule has 20 heavy (non-hydrogen) atoms. The van der Waals surface area contributed by atoms with E-state index < -0.39 is 25.0 Å². The van der Waals surface area contributed by atoms with Gasteiger partial charge in [0.1, 0.15) is 5.75 Å². The number of rotatable bonds is 5. The Hall–Kier alpha value is -1.43. The van der Waals surface area contributed by atoms with Gasteiger partial charge in [0, 0.05) is 18.6 Å². The largest absolute Gasteiger partial charge is 0.493 e. The highest BCUT2D eigenvalue weighted by Gasteiger charge is 2.28. The van der Waals surface area contributed by atoms with Crippen molar-refractivity contribution in [2.45, 2.75) is 19.5 Å². The lowest BCUT2D eigenvalue weighted by molar-refractivity contribution is -0.136. The molecule has 1 aromatic rings. The van der Waals surface area contributed by atoms with E-state index in [4.69, 9.17) is 16.3 Å². The van der Waals surface area contributed by atoms with E-state index in [9.17, 15) is 18.0 Å². The normalized spacial score (nSPS) is 11.3. The number of nitrogens with zero attached hydrogens (tertiary/aromatic N) is 1. The topological polar surface area (TPSA) is 29.5 Å². The van der Waals surface area contributed by atoms with E-state index in [1.165, 1.54) is 25.2 Å². The summed E-state index contributed by atoms with van der Waals surface area (Å²) >= 11 is 5.80. The lowest BCUT2D eigenvalue weighted by atomic mass is 10.1. The van der Waals surface area contributed by atoms with Crippen molar-refractivity contribution in [3.63, 3.8) is 0 Å². The van der Waals surface area contributed by atoms with Gasteiger partial charge in [0.05, 0.1) is 18.6 Å². The summed E-state index contributed by atoms with van der Waals surface area (Å²) < 4.78 is 41.7. The van der Waals surface area contributed by atoms with E-state index in [2.05, 4.69) is 0 Å². The summed E-state index contributed by atoms with van der Waals surface area (Å²) in [5, 5.41) is 0.392. The van der Waals surface area contributed by atoms with Crippen LogP contribution in [0.5, 0.6) is 5.75 Å². The molecule has 1 rings (SSSR count). The molecule has 112 valence electrons. The predicted octanol–water partition coefficient (Wildman–Crippen LogP) is 3.76. The molecule has 0 unspecified atom stereocenters. The third kappa shape index (κ3) is 4.92. The van der Waals surface area contributed by atoms with Crippen molar-refractivity contribution in [3.8, 4) is 5.75 Å². The van der Waals surface area contributed by atoms with Gasteiger partial charge in [-0.2, -0.15) is 13.2 Å². The molecular weight excluding hydrogens is 295 g/mol. The Balaban J connectivity index is 2.85. The average molecular weight is 310 g/mol. The minimum Gasteiger partial charge on any atom is -0.493 e. The first-order valence-corrected chi connectivity index (χ1v) is 6.37. The molecule has 0 aliphatic rings.